The van der Waals surface area contributed by atoms with E-state index in [2.05, 4.69) is 16.8 Å². The maximum Gasteiger partial charge on any atom is 0.230 e. The first-order chi connectivity index (χ1) is 11.2. The van der Waals surface area contributed by atoms with Crippen LogP contribution in [0.1, 0.15) is 11.6 Å². The summed E-state index contributed by atoms with van der Waals surface area (Å²) in [5.41, 5.74) is 0.881. The lowest BCUT2D eigenvalue weighted by molar-refractivity contribution is -0.118. The highest BCUT2D eigenvalue weighted by molar-refractivity contribution is 8.00. The number of carbonyl (C=O) groups is 1. The van der Waals surface area contributed by atoms with Crippen LogP contribution in [0.5, 0.6) is 0 Å². The van der Waals surface area contributed by atoms with Crippen molar-refractivity contribution in [2.24, 2.45) is 0 Å². The Morgan fingerprint density at radius 3 is 2.96 bits per heavy atom. The fourth-order valence-corrected chi connectivity index (χ4v) is 3.13. The molecule has 1 fully saturated rings. The van der Waals surface area contributed by atoms with Gasteiger partial charge < -0.3 is 10.1 Å². The van der Waals surface area contributed by atoms with Crippen LogP contribution in [0.25, 0.3) is 0 Å². The summed E-state index contributed by atoms with van der Waals surface area (Å²) in [5.74, 6) is 0.898. The summed E-state index contributed by atoms with van der Waals surface area (Å²) < 4.78 is 18.9. The molecule has 0 spiro atoms. The second-order valence-corrected chi connectivity index (χ2v) is 6.36. The SMILES string of the molecule is C=CCSCC(=O)NC[C@@H](c1cccc(F)c1)N1CCOCC1. The quantitative estimate of drug-likeness (QED) is 0.583. The second kappa shape index (κ2) is 9.70. The zero-order valence-corrected chi connectivity index (χ0v) is 14.0. The molecule has 0 aromatic heterocycles. The molecule has 1 atom stereocenters. The van der Waals surface area contributed by atoms with Gasteiger partial charge in [-0.3, -0.25) is 9.69 Å². The van der Waals surface area contributed by atoms with Crippen LogP contribution in [-0.2, 0) is 9.53 Å². The molecule has 6 heteroatoms. The predicted molar refractivity (Wildman–Crippen MR) is 92.1 cm³/mol. The molecule has 1 aromatic carbocycles. The molecule has 1 N–H and O–H groups in total. The van der Waals surface area contributed by atoms with Crippen LogP contribution in [0.15, 0.2) is 36.9 Å². The monoisotopic (exact) mass is 338 g/mol. The first-order valence-electron chi connectivity index (χ1n) is 7.73. The summed E-state index contributed by atoms with van der Waals surface area (Å²) >= 11 is 1.52. The zero-order chi connectivity index (χ0) is 16.5. The van der Waals surface area contributed by atoms with Gasteiger partial charge in [-0.2, -0.15) is 0 Å². The molecule has 1 saturated heterocycles. The summed E-state index contributed by atoms with van der Waals surface area (Å²) in [4.78, 5) is 14.2. The third-order valence-electron chi connectivity index (χ3n) is 3.68. The number of amides is 1. The largest absolute Gasteiger partial charge is 0.379 e. The van der Waals surface area contributed by atoms with Crippen LogP contribution in [0.2, 0.25) is 0 Å². The molecule has 1 amide bonds. The van der Waals surface area contributed by atoms with Crippen molar-refractivity contribution in [1.82, 2.24) is 10.2 Å². The van der Waals surface area contributed by atoms with E-state index in [-0.39, 0.29) is 17.8 Å². The van der Waals surface area contributed by atoms with Gasteiger partial charge in [0.1, 0.15) is 5.82 Å². The normalized spacial score (nSPS) is 16.7. The number of rotatable bonds is 8. The van der Waals surface area contributed by atoms with Gasteiger partial charge in [-0.1, -0.05) is 18.2 Å². The number of halogens is 1. The van der Waals surface area contributed by atoms with Crippen molar-refractivity contribution in [2.45, 2.75) is 6.04 Å². The highest BCUT2D eigenvalue weighted by atomic mass is 32.2. The minimum absolute atomic E-state index is 0.00786. The van der Waals surface area contributed by atoms with Crippen LogP contribution < -0.4 is 5.32 Å². The third kappa shape index (κ3) is 5.97. The summed E-state index contributed by atoms with van der Waals surface area (Å²) in [6, 6.07) is 6.55. The smallest absolute Gasteiger partial charge is 0.230 e. The van der Waals surface area contributed by atoms with Crippen LogP contribution in [-0.4, -0.2) is 55.2 Å². The molecule has 1 aliphatic heterocycles. The van der Waals surface area contributed by atoms with Gasteiger partial charge in [0.2, 0.25) is 5.91 Å². The molecule has 1 heterocycles. The minimum atomic E-state index is -0.256. The average Bonchev–Trinajstić information content (AvgIpc) is 2.56. The van der Waals surface area contributed by atoms with Gasteiger partial charge in [-0.15, -0.1) is 18.3 Å². The van der Waals surface area contributed by atoms with Crippen molar-refractivity contribution >= 4 is 17.7 Å². The van der Waals surface area contributed by atoms with Gasteiger partial charge in [0.15, 0.2) is 0 Å². The Kier molecular flexibility index (Phi) is 7.58. The van der Waals surface area contributed by atoms with Gasteiger partial charge in [-0.05, 0) is 17.7 Å². The molecule has 4 nitrogen and oxygen atoms in total. The van der Waals surface area contributed by atoms with Crippen LogP contribution >= 0.6 is 11.8 Å². The number of nitrogens with one attached hydrogen (secondary N) is 1. The van der Waals surface area contributed by atoms with Gasteiger partial charge in [0.05, 0.1) is 25.0 Å². The van der Waals surface area contributed by atoms with E-state index in [1.165, 1.54) is 17.8 Å². The molecule has 0 radical (unpaired) electrons. The van der Waals surface area contributed by atoms with Crippen LogP contribution in [0.4, 0.5) is 4.39 Å². The molecule has 1 aromatic rings. The van der Waals surface area contributed by atoms with Crippen molar-refractivity contribution in [1.29, 1.82) is 0 Å². The lowest BCUT2D eigenvalue weighted by atomic mass is 10.0. The number of hydrogen-bond donors (Lipinski definition) is 1. The predicted octanol–water partition coefficient (Wildman–Crippen LogP) is 2.23. The first-order valence-corrected chi connectivity index (χ1v) is 8.89. The Morgan fingerprint density at radius 2 is 2.26 bits per heavy atom. The van der Waals surface area contributed by atoms with E-state index in [9.17, 15) is 9.18 Å². The summed E-state index contributed by atoms with van der Waals surface area (Å²) in [6.07, 6.45) is 1.78. The highest BCUT2D eigenvalue weighted by Gasteiger charge is 2.23. The minimum Gasteiger partial charge on any atom is -0.379 e. The fourth-order valence-electron chi connectivity index (χ4n) is 2.56. The Bertz CT molecular complexity index is 521. The number of nitrogens with zero attached hydrogens (tertiary/aromatic N) is 1. The molecule has 2 rings (SSSR count). The molecular formula is C17H23FN2O2S. The third-order valence-corrected chi connectivity index (χ3v) is 4.62. The van der Waals surface area contributed by atoms with Gasteiger partial charge in [0, 0.05) is 25.4 Å². The topological polar surface area (TPSA) is 41.6 Å². The fraction of sp³-hybridized carbons (Fsp3) is 0.471. The summed E-state index contributed by atoms with van der Waals surface area (Å²) in [5, 5.41) is 2.96. The van der Waals surface area contributed by atoms with Crippen LogP contribution in [0.3, 0.4) is 0 Å². The summed E-state index contributed by atoms with van der Waals surface area (Å²) in [6.45, 7) is 6.99. The van der Waals surface area contributed by atoms with Crippen molar-refractivity contribution < 1.29 is 13.9 Å². The van der Waals surface area contributed by atoms with E-state index < -0.39 is 0 Å². The van der Waals surface area contributed by atoms with Crippen molar-refractivity contribution in [2.75, 3.05) is 44.4 Å². The Morgan fingerprint density at radius 1 is 1.48 bits per heavy atom. The van der Waals surface area contributed by atoms with E-state index in [4.69, 9.17) is 4.74 Å². The maximum absolute atomic E-state index is 13.6. The summed E-state index contributed by atoms with van der Waals surface area (Å²) in [7, 11) is 0. The molecule has 23 heavy (non-hydrogen) atoms. The molecule has 0 unspecified atom stereocenters. The Balaban J connectivity index is 1.98. The van der Waals surface area contributed by atoms with Crippen LogP contribution in [0, 0.1) is 5.82 Å². The zero-order valence-electron chi connectivity index (χ0n) is 13.2. The molecule has 0 bridgehead atoms. The van der Waals surface area contributed by atoms with Gasteiger partial charge in [0.25, 0.3) is 0 Å². The number of hydrogen-bond acceptors (Lipinski definition) is 4. The second-order valence-electron chi connectivity index (χ2n) is 5.33. The van der Waals surface area contributed by atoms with E-state index in [0.717, 1.165) is 24.4 Å². The number of ether oxygens (including phenoxy) is 1. The van der Waals surface area contributed by atoms with E-state index in [0.29, 0.717) is 25.5 Å². The molecule has 0 saturated carbocycles. The number of benzene rings is 1. The van der Waals surface area contributed by atoms with Gasteiger partial charge >= 0.3 is 0 Å². The van der Waals surface area contributed by atoms with E-state index >= 15 is 0 Å². The number of morpholine rings is 1. The molecule has 1 aliphatic rings. The molecule has 126 valence electrons. The average molecular weight is 338 g/mol. The van der Waals surface area contributed by atoms with Gasteiger partial charge in [-0.25, -0.2) is 4.39 Å². The first kappa shape index (κ1) is 18.0. The Labute approximate surface area is 141 Å². The Hall–Kier alpha value is -1.37. The van der Waals surface area contributed by atoms with Crippen molar-refractivity contribution in [3.05, 3.63) is 48.3 Å². The lowest BCUT2D eigenvalue weighted by Crippen LogP contribution is -2.44. The standard InChI is InChI=1S/C17H23FN2O2S/c1-2-10-23-13-17(21)19-12-16(20-6-8-22-9-7-20)14-4-3-5-15(18)11-14/h2-5,11,16H,1,6-10,12-13H2,(H,19,21)/t16-/m0/s1. The number of carbonyl (C=O) groups excluding carboxylic acids is 1. The lowest BCUT2D eigenvalue weighted by Gasteiger charge is -2.35. The maximum atomic E-state index is 13.6. The highest BCUT2D eigenvalue weighted by Crippen LogP contribution is 2.22. The molecular weight excluding hydrogens is 315 g/mol. The van der Waals surface area contributed by atoms with E-state index in [1.54, 1.807) is 18.2 Å². The van der Waals surface area contributed by atoms with Crippen molar-refractivity contribution in [3.8, 4) is 0 Å². The molecule has 0 aliphatic carbocycles. The van der Waals surface area contributed by atoms with Crippen molar-refractivity contribution in [3.63, 3.8) is 0 Å². The van der Waals surface area contributed by atoms with E-state index in [1.807, 2.05) is 6.07 Å². The number of thioether (sulfide) groups is 1.